The smallest absolute Gasteiger partial charge is 0.0429 e. The van der Waals surface area contributed by atoms with E-state index in [9.17, 15) is 0 Å². The Hall–Kier alpha value is -1.06. The molecule has 2 N–H and O–H groups in total. The molecule has 1 aliphatic rings. The van der Waals surface area contributed by atoms with Crippen molar-refractivity contribution >= 4 is 5.69 Å². The minimum atomic E-state index is 0.301. The molecule has 0 amide bonds. The molecular weight excluding hydrogens is 366 g/mol. The lowest BCUT2D eigenvalue weighted by molar-refractivity contribution is 0.291. The van der Waals surface area contributed by atoms with E-state index >= 15 is 0 Å². The van der Waals surface area contributed by atoms with Crippen molar-refractivity contribution in [1.82, 2.24) is 4.90 Å². The summed E-state index contributed by atoms with van der Waals surface area (Å²) in [7, 11) is 0. The largest absolute Gasteiger partial charge is 0.367 e. The molecule has 2 atom stereocenters. The summed E-state index contributed by atoms with van der Waals surface area (Å²) in [5, 5.41) is 0. The van der Waals surface area contributed by atoms with E-state index in [-0.39, 0.29) is 0 Å². The lowest BCUT2D eigenvalue weighted by atomic mass is 9.89. The molecule has 1 saturated heterocycles. The molecule has 0 radical (unpaired) electrons. The maximum atomic E-state index is 6.41. The first-order valence-electron chi connectivity index (χ1n) is 12.4. The standard InChI is InChI=1S/C27H49N3/c1-21(2)13-17-30(25-10-8-23(9-11-25)12-15-27(5,6)7)26-14-16-29(20-26)19-24(28)18-22(3)4/h8-11,21-22,24,26H,12-20,28H2,1-7H3. The molecule has 0 aliphatic carbocycles. The minimum Gasteiger partial charge on any atom is -0.367 e. The number of benzene rings is 1. The summed E-state index contributed by atoms with van der Waals surface area (Å²) in [4.78, 5) is 5.28. The second-order valence-electron chi connectivity index (χ2n) is 11.7. The van der Waals surface area contributed by atoms with E-state index < -0.39 is 0 Å². The lowest BCUT2D eigenvalue weighted by Crippen LogP contribution is -2.41. The average Bonchev–Trinajstić information content (AvgIpc) is 3.07. The van der Waals surface area contributed by atoms with Crippen LogP contribution in [0.3, 0.4) is 0 Å². The SMILES string of the molecule is CC(C)CCN(c1ccc(CCC(C)(C)C)cc1)C1CCN(CC(N)CC(C)C)C1. The van der Waals surface area contributed by atoms with Crippen LogP contribution in [0.25, 0.3) is 0 Å². The van der Waals surface area contributed by atoms with Crippen LogP contribution in [-0.2, 0) is 6.42 Å². The van der Waals surface area contributed by atoms with E-state index in [1.54, 1.807) is 0 Å². The summed E-state index contributed by atoms with van der Waals surface area (Å²) in [6.07, 6.45) is 6.01. The van der Waals surface area contributed by atoms with E-state index in [1.165, 1.54) is 43.5 Å². The molecule has 0 saturated carbocycles. The predicted molar refractivity (Wildman–Crippen MR) is 133 cm³/mol. The maximum absolute atomic E-state index is 6.41. The van der Waals surface area contributed by atoms with Crippen LogP contribution in [0.15, 0.2) is 24.3 Å². The van der Waals surface area contributed by atoms with Crippen LogP contribution in [-0.4, -0.2) is 43.2 Å². The average molecular weight is 416 g/mol. The van der Waals surface area contributed by atoms with Crippen LogP contribution >= 0.6 is 0 Å². The fraction of sp³-hybridized carbons (Fsp3) is 0.778. The summed E-state index contributed by atoms with van der Waals surface area (Å²) < 4.78 is 0. The number of likely N-dealkylation sites (tertiary alicyclic amines) is 1. The van der Waals surface area contributed by atoms with Crippen LogP contribution in [0.5, 0.6) is 0 Å². The molecule has 172 valence electrons. The minimum absolute atomic E-state index is 0.301. The third kappa shape index (κ3) is 8.98. The second kappa shape index (κ2) is 11.5. The van der Waals surface area contributed by atoms with Gasteiger partial charge in [0, 0.05) is 44.0 Å². The number of aryl methyl sites for hydroxylation is 1. The second-order valence-corrected chi connectivity index (χ2v) is 11.7. The van der Waals surface area contributed by atoms with Crippen LogP contribution in [0.1, 0.15) is 79.7 Å². The molecule has 30 heavy (non-hydrogen) atoms. The Kier molecular flexibility index (Phi) is 9.68. The van der Waals surface area contributed by atoms with Crippen molar-refractivity contribution in [3.63, 3.8) is 0 Å². The molecule has 3 nitrogen and oxygen atoms in total. The van der Waals surface area contributed by atoms with Gasteiger partial charge in [0.15, 0.2) is 0 Å². The van der Waals surface area contributed by atoms with Gasteiger partial charge in [-0.3, -0.25) is 4.90 Å². The van der Waals surface area contributed by atoms with Crippen molar-refractivity contribution in [3.05, 3.63) is 29.8 Å². The highest BCUT2D eigenvalue weighted by Gasteiger charge is 2.29. The van der Waals surface area contributed by atoms with Crippen molar-refractivity contribution < 1.29 is 0 Å². The Labute approximate surface area is 187 Å². The molecular formula is C27H49N3. The normalized spacial score (nSPS) is 19.1. The topological polar surface area (TPSA) is 32.5 Å². The number of rotatable bonds is 11. The fourth-order valence-corrected chi connectivity index (χ4v) is 4.54. The quantitative estimate of drug-likeness (QED) is 0.483. The third-order valence-electron chi connectivity index (χ3n) is 6.33. The van der Waals surface area contributed by atoms with Crippen LogP contribution in [0.2, 0.25) is 0 Å². The highest BCUT2D eigenvalue weighted by molar-refractivity contribution is 5.49. The number of anilines is 1. The Morgan fingerprint density at radius 2 is 1.73 bits per heavy atom. The van der Waals surface area contributed by atoms with Gasteiger partial charge in [-0.15, -0.1) is 0 Å². The van der Waals surface area contributed by atoms with E-state index in [0.717, 1.165) is 32.0 Å². The van der Waals surface area contributed by atoms with Gasteiger partial charge in [-0.1, -0.05) is 60.6 Å². The molecule has 3 heteroatoms. The molecule has 0 aromatic heterocycles. The zero-order chi connectivity index (χ0) is 22.3. The van der Waals surface area contributed by atoms with Gasteiger partial charge >= 0.3 is 0 Å². The van der Waals surface area contributed by atoms with E-state index in [4.69, 9.17) is 5.73 Å². The van der Waals surface area contributed by atoms with Gasteiger partial charge in [0.05, 0.1) is 0 Å². The van der Waals surface area contributed by atoms with Gasteiger partial charge in [-0.2, -0.15) is 0 Å². The van der Waals surface area contributed by atoms with E-state index in [2.05, 4.69) is 82.5 Å². The molecule has 1 fully saturated rings. The van der Waals surface area contributed by atoms with Gasteiger partial charge in [0.25, 0.3) is 0 Å². The third-order valence-corrected chi connectivity index (χ3v) is 6.33. The zero-order valence-electron chi connectivity index (χ0n) is 21.0. The van der Waals surface area contributed by atoms with Gasteiger partial charge in [0.1, 0.15) is 0 Å². The summed E-state index contributed by atoms with van der Waals surface area (Å²) in [5.74, 6) is 1.41. The van der Waals surface area contributed by atoms with Gasteiger partial charge < -0.3 is 10.6 Å². The van der Waals surface area contributed by atoms with Gasteiger partial charge in [-0.25, -0.2) is 0 Å². The Morgan fingerprint density at radius 1 is 1.07 bits per heavy atom. The highest BCUT2D eigenvalue weighted by Crippen LogP contribution is 2.27. The lowest BCUT2D eigenvalue weighted by Gasteiger charge is -2.32. The first-order valence-corrected chi connectivity index (χ1v) is 12.4. The van der Waals surface area contributed by atoms with Crippen molar-refractivity contribution in [1.29, 1.82) is 0 Å². The first-order chi connectivity index (χ1) is 14.0. The predicted octanol–water partition coefficient (Wildman–Crippen LogP) is 5.97. The number of hydrogen-bond donors (Lipinski definition) is 1. The number of nitrogens with zero attached hydrogens (tertiary/aromatic N) is 2. The molecule has 0 spiro atoms. The maximum Gasteiger partial charge on any atom is 0.0429 e. The summed E-state index contributed by atoms with van der Waals surface area (Å²) in [5.41, 5.74) is 9.66. The fourth-order valence-electron chi connectivity index (χ4n) is 4.54. The number of nitrogens with two attached hydrogens (primary N) is 1. The van der Waals surface area contributed by atoms with Crippen LogP contribution in [0.4, 0.5) is 5.69 Å². The monoisotopic (exact) mass is 415 g/mol. The Balaban J connectivity index is 2.01. The molecule has 1 heterocycles. The van der Waals surface area contributed by atoms with Gasteiger partial charge in [-0.05, 0) is 67.1 Å². The highest BCUT2D eigenvalue weighted by atomic mass is 15.3. The van der Waals surface area contributed by atoms with Crippen molar-refractivity contribution in [2.24, 2.45) is 23.0 Å². The van der Waals surface area contributed by atoms with Crippen LogP contribution in [0, 0.1) is 17.3 Å². The Bertz CT molecular complexity index is 600. The summed E-state index contributed by atoms with van der Waals surface area (Å²) in [6.45, 7) is 20.7. The molecule has 1 aliphatic heterocycles. The molecule has 2 rings (SSSR count). The zero-order valence-corrected chi connectivity index (χ0v) is 21.0. The van der Waals surface area contributed by atoms with Crippen molar-refractivity contribution in [2.75, 3.05) is 31.1 Å². The molecule has 0 bridgehead atoms. The molecule has 1 aromatic rings. The molecule has 2 unspecified atom stereocenters. The summed E-state index contributed by atoms with van der Waals surface area (Å²) in [6, 6.07) is 10.4. The van der Waals surface area contributed by atoms with E-state index in [1.807, 2.05) is 0 Å². The van der Waals surface area contributed by atoms with Crippen LogP contribution < -0.4 is 10.6 Å². The Morgan fingerprint density at radius 3 is 2.30 bits per heavy atom. The first kappa shape index (κ1) is 25.2. The number of hydrogen-bond acceptors (Lipinski definition) is 3. The van der Waals surface area contributed by atoms with Gasteiger partial charge in [0.2, 0.25) is 0 Å². The van der Waals surface area contributed by atoms with Crippen molar-refractivity contribution in [3.8, 4) is 0 Å². The van der Waals surface area contributed by atoms with E-state index in [0.29, 0.717) is 23.4 Å². The molecule has 1 aromatic carbocycles. The summed E-state index contributed by atoms with van der Waals surface area (Å²) >= 11 is 0. The van der Waals surface area contributed by atoms with Crippen molar-refractivity contribution in [2.45, 2.75) is 92.7 Å².